The van der Waals surface area contributed by atoms with Gasteiger partial charge in [-0.2, -0.15) is 5.26 Å². The number of nitro groups is 1. The summed E-state index contributed by atoms with van der Waals surface area (Å²) in [6, 6.07) is 12.6. The van der Waals surface area contributed by atoms with Gasteiger partial charge in [0.2, 0.25) is 0 Å². The van der Waals surface area contributed by atoms with E-state index in [1.54, 1.807) is 12.1 Å². The number of nitrogens with zero attached hydrogens (tertiary/aromatic N) is 3. The van der Waals surface area contributed by atoms with E-state index in [4.69, 9.17) is 10.00 Å². The smallest absolute Gasteiger partial charge is 0.293 e. The average Bonchev–Trinajstić information content (AvgIpc) is 2.65. The molecule has 0 spiro atoms. The third kappa shape index (κ3) is 3.56. The fourth-order valence-corrected chi connectivity index (χ4v) is 3.05. The molecule has 0 N–H and O–H groups in total. The lowest BCUT2D eigenvalue weighted by Crippen LogP contribution is -2.30. The summed E-state index contributed by atoms with van der Waals surface area (Å²) in [5.74, 6) is 0.874. The van der Waals surface area contributed by atoms with E-state index in [1.807, 2.05) is 23.1 Å². The molecule has 6 heteroatoms. The maximum atomic E-state index is 11.4. The lowest BCUT2D eigenvalue weighted by molar-refractivity contribution is -0.384. The van der Waals surface area contributed by atoms with Crippen LogP contribution in [0.4, 0.5) is 11.4 Å². The first kappa shape index (κ1) is 16.8. The Kier molecular flexibility index (Phi) is 4.85. The van der Waals surface area contributed by atoms with E-state index in [2.05, 4.69) is 13.0 Å². The second-order valence-corrected chi connectivity index (χ2v) is 6.02. The Morgan fingerprint density at radius 2 is 2.12 bits per heavy atom. The highest BCUT2D eigenvalue weighted by Crippen LogP contribution is 2.33. The molecule has 25 heavy (non-hydrogen) atoms. The molecule has 128 valence electrons. The highest BCUT2D eigenvalue weighted by atomic mass is 16.6. The Hall–Kier alpha value is -3.07. The van der Waals surface area contributed by atoms with E-state index >= 15 is 0 Å². The summed E-state index contributed by atoms with van der Waals surface area (Å²) in [4.78, 5) is 12.9. The van der Waals surface area contributed by atoms with Crippen LogP contribution >= 0.6 is 0 Å². The molecule has 1 aliphatic rings. The van der Waals surface area contributed by atoms with Crippen molar-refractivity contribution in [3.05, 3.63) is 63.2 Å². The Morgan fingerprint density at radius 1 is 1.28 bits per heavy atom. The van der Waals surface area contributed by atoms with Gasteiger partial charge in [-0.15, -0.1) is 0 Å². The topological polar surface area (TPSA) is 79.4 Å². The van der Waals surface area contributed by atoms with Gasteiger partial charge in [0.15, 0.2) is 0 Å². The number of fused-ring (bicyclic) bond motifs is 1. The maximum absolute atomic E-state index is 11.4. The Bertz CT molecular complexity index is 842. The third-order valence-corrected chi connectivity index (χ3v) is 4.30. The number of rotatable bonds is 5. The predicted octanol–water partition coefficient (Wildman–Crippen LogP) is 3.82. The second kappa shape index (κ2) is 7.22. The highest BCUT2D eigenvalue weighted by Gasteiger charge is 2.24. The van der Waals surface area contributed by atoms with Crippen LogP contribution in [-0.4, -0.2) is 18.1 Å². The van der Waals surface area contributed by atoms with Crippen LogP contribution in [0.25, 0.3) is 0 Å². The van der Waals surface area contributed by atoms with Crippen LogP contribution in [0.15, 0.2) is 36.4 Å². The first-order valence-electron chi connectivity index (χ1n) is 8.30. The molecule has 1 heterocycles. The van der Waals surface area contributed by atoms with Crippen LogP contribution in [0.1, 0.15) is 30.0 Å². The molecule has 0 unspecified atom stereocenters. The Labute approximate surface area is 146 Å². The standard InChI is InChI=1S/C19H19N3O3/c1-2-9-25-17-5-4-16-13-21(8-7-15(16)11-17)18-6-3-14(12-20)10-19(18)22(23)24/h3-6,10-11H,2,7-9,13H2,1H3. The summed E-state index contributed by atoms with van der Waals surface area (Å²) in [7, 11) is 0. The summed E-state index contributed by atoms with van der Waals surface area (Å²) >= 11 is 0. The van der Waals surface area contributed by atoms with E-state index in [-0.39, 0.29) is 5.69 Å². The van der Waals surface area contributed by atoms with Gasteiger partial charge in [0, 0.05) is 19.2 Å². The van der Waals surface area contributed by atoms with Crippen LogP contribution < -0.4 is 9.64 Å². The first-order chi connectivity index (χ1) is 12.1. The zero-order valence-electron chi connectivity index (χ0n) is 14.1. The number of ether oxygens (including phenoxy) is 1. The van der Waals surface area contributed by atoms with Crippen molar-refractivity contribution in [1.82, 2.24) is 0 Å². The number of hydrogen-bond acceptors (Lipinski definition) is 5. The zero-order valence-corrected chi connectivity index (χ0v) is 14.1. The van der Waals surface area contributed by atoms with Crippen molar-refractivity contribution >= 4 is 11.4 Å². The molecule has 0 bridgehead atoms. The van der Waals surface area contributed by atoms with Gasteiger partial charge >= 0.3 is 0 Å². The lowest BCUT2D eigenvalue weighted by Gasteiger charge is -2.30. The minimum atomic E-state index is -0.423. The SMILES string of the molecule is CCCOc1ccc2c(c1)CCN(c1ccc(C#N)cc1[N+](=O)[O-])C2. The predicted molar refractivity (Wildman–Crippen MR) is 94.8 cm³/mol. The van der Waals surface area contributed by atoms with Crippen LogP contribution in [-0.2, 0) is 13.0 Å². The van der Waals surface area contributed by atoms with Crippen molar-refractivity contribution in [2.24, 2.45) is 0 Å². The Morgan fingerprint density at radius 3 is 2.84 bits per heavy atom. The minimum absolute atomic E-state index is 0.0228. The Balaban J connectivity index is 1.86. The summed E-state index contributed by atoms with van der Waals surface area (Å²) in [5, 5.41) is 20.3. The molecule has 6 nitrogen and oxygen atoms in total. The summed E-state index contributed by atoms with van der Waals surface area (Å²) in [6.45, 7) is 4.07. The van der Waals surface area contributed by atoms with Gasteiger partial charge in [-0.25, -0.2) is 0 Å². The van der Waals surface area contributed by atoms with Crippen molar-refractivity contribution in [3.8, 4) is 11.8 Å². The quantitative estimate of drug-likeness (QED) is 0.612. The van der Waals surface area contributed by atoms with Gasteiger partial charge in [-0.1, -0.05) is 13.0 Å². The molecule has 0 fully saturated rings. The average molecular weight is 337 g/mol. The molecular weight excluding hydrogens is 318 g/mol. The van der Waals surface area contributed by atoms with E-state index in [1.165, 1.54) is 11.6 Å². The van der Waals surface area contributed by atoms with Gasteiger partial charge in [-0.05, 0) is 48.2 Å². The molecule has 3 rings (SSSR count). The summed E-state index contributed by atoms with van der Waals surface area (Å²) < 4.78 is 5.68. The van der Waals surface area contributed by atoms with Crippen molar-refractivity contribution < 1.29 is 9.66 Å². The number of nitro benzene ring substituents is 1. The van der Waals surface area contributed by atoms with Crippen molar-refractivity contribution in [3.63, 3.8) is 0 Å². The summed E-state index contributed by atoms with van der Waals surface area (Å²) in [5.41, 5.74) is 3.20. The fraction of sp³-hybridized carbons (Fsp3) is 0.316. The van der Waals surface area contributed by atoms with E-state index in [0.29, 0.717) is 30.9 Å². The third-order valence-electron chi connectivity index (χ3n) is 4.30. The number of hydrogen-bond donors (Lipinski definition) is 0. The van der Waals surface area contributed by atoms with Gasteiger partial charge in [0.25, 0.3) is 5.69 Å². The van der Waals surface area contributed by atoms with Crippen molar-refractivity contribution in [2.45, 2.75) is 26.3 Å². The van der Waals surface area contributed by atoms with Crippen molar-refractivity contribution in [1.29, 1.82) is 5.26 Å². The molecule has 0 radical (unpaired) electrons. The van der Waals surface area contributed by atoms with Gasteiger partial charge in [0.1, 0.15) is 11.4 Å². The molecular formula is C19H19N3O3. The minimum Gasteiger partial charge on any atom is -0.494 e. The maximum Gasteiger partial charge on any atom is 0.293 e. The zero-order chi connectivity index (χ0) is 17.8. The molecule has 0 saturated heterocycles. The van der Waals surface area contributed by atoms with Crippen LogP contribution in [0.2, 0.25) is 0 Å². The molecule has 2 aromatic carbocycles. The van der Waals surface area contributed by atoms with E-state index in [9.17, 15) is 10.1 Å². The number of benzene rings is 2. The molecule has 0 aliphatic carbocycles. The molecule has 0 aromatic heterocycles. The number of nitriles is 1. The van der Waals surface area contributed by atoms with Crippen LogP contribution in [0.3, 0.4) is 0 Å². The van der Waals surface area contributed by atoms with E-state index < -0.39 is 4.92 Å². The molecule has 1 aliphatic heterocycles. The molecule has 0 amide bonds. The van der Waals surface area contributed by atoms with Crippen LogP contribution in [0, 0.1) is 21.4 Å². The van der Waals surface area contributed by atoms with Gasteiger partial charge in [0.05, 0.1) is 23.2 Å². The first-order valence-corrected chi connectivity index (χ1v) is 8.30. The van der Waals surface area contributed by atoms with Crippen LogP contribution in [0.5, 0.6) is 5.75 Å². The molecule has 0 atom stereocenters. The largest absolute Gasteiger partial charge is 0.494 e. The molecule has 0 saturated carbocycles. The highest BCUT2D eigenvalue weighted by molar-refractivity contribution is 5.66. The molecule has 2 aromatic rings. The monoisotopic (exact) mass is 337 g/mol. The number of anilines is 1. The van der Waals surface area contributed by atoms with Crippen molar-refractivity contribution in [2.75, 3.05) is 18.1 Å². The second-order valence-electron chi connectivity index (χ2n) is 6.02. The van der Waals surface area contributed by atoms with Gasteiger partial charge in [-0.3, -0.25) is 10.1 Å². The van der Waals surface area contributed by atoms with E-state index in [0.717, 1.165) is 24.2 Å². The fourth-order valence-electron chi connectivity index (χ4n) is 3.05. The normalized spacial score (nSPS) is 13.0. The summed E-state index contributed by atoms with van der Waals surface area (Å²) in [6.07, 6.45) is 1.77. The lowest BCUT2D eigenvalue weighted by atomic mass is 9.98. The van der Waals surface area contributed by atoms with Gasteiger partial charge < -0.3 is 9.64 Å².